The monoisotopic (exact) mass is 310 g/mol. The van der Waals surface area contributed by atoms with E-state index in [4.69, 9.17) is 0 Å². The molecule has 21 heavy (non-hydrogen) atoms. The second kappa shape index (κ2) is 5.31. The molecule has 0 saturated carbocycles. The Bertz CT molecular complexity index is 817. The topological polar surface area (TPSA) is 43.1 Å². The van der Waals surface area contributed by atoms with E-state index in [2.05, 4.69) is 33.5 Å². The summed E-state index contributed by atoms with van der Waals surface area (Å²) in [6.07, 6.45) is 3.95. The van der Waals surface area contributed by atoms with Gasteiger partial charge in [0.25, 0.3) is 0 Å². The molecule has 6 heteroatoms. The van der Waals surface area contributed by atoms with Crippen LogP contribution in [0, 0.1) is 0 Å². The van der Waals surface area contributed by atoms with Gasteiger partial charge in [0.1, 0.15) is 0 Å². The molecule has 0 aliphatic carbocycles. The third-order valence-electron chi connectivity index (χ3n) is 2.97. The van der Waals surface area contributed by atoms with Crippen LogP contribution in [0.4, 0.5) is 0 Å². The Morgan fingerprint density at radius 1 is 1.00 bits per heavy atom. The summed E-state index contributed by atoms with van der Waals surface area (Å²) in [6, 6.07) is 14.2. The Balaban J connectivity index is 1.68. The zero-order valence-corrected chi connectivity index (χ0v) is 12.5. The summed E-state index contributed by atoms with van der Waals surface area (Å²) in [5.74, 6) is 0.794. The molecule has 3 aromatic rings. The molecule has 0 bridgehead atoms. The lowest BCUT2D eigenvalue weighted by Crippen LogP contribution is -2.00. The first kappa shape index (κ1) is 12.6. The number of thiophene rings is 1. The van der Waals surface area contributed by atoms with E-state index >= 15 is 0 Å². The average Bonchev–Trinajstić information content (AvgIpc) is 3.16. The van der Waals surface area contributed by atoms with Crippen molar-refractivity contribution < 1.29 is 0 Å². The molecule has 0 radical (unpaired) electrons. The first-order chi connectivity index (χ1) is 10.4. The highest BCUT2D eigenvalue weighted by Gasteiger charge is 2.18. The number of nitrogens with zero attached hydrogens (tertiary/aromatic N) is 4. The van der Waals surface area contributed by atoms with Crippen LogP contribution in [0.3, 0.4) is 0 Å². The molecule has 4 rings (SSSR count). The quantitative estimate of drug-likeness (QED) is 0.719. The van der Waals surface area contributed by atoms with Gasteiger partial charge in [-0.1, -0.05) is 36.4 Å². The molecule has 0 amide bonds. The number of aromatic nitrogens is 3. The summed E-state index contributed by atoms with van der Waals surface area (Å²) >= 11 is 3.21. The van der Waals surface area contributed by atoms with Crippen LogP contribution in [0.1, 0.15) is 5.56 Å². The molecule has 0 unspecified atom stereocenters. The lowest BCUT2D eigenvalue weighted by atomic mass is 10.2. The molecular weight excluding hydrogens is 300 g/mol. The standard InChI is InChI=1S/C15H10N4S2/c1-2-5-11(6-3-1)9-12-10-16-19-14(13-7-4-8-20-13)17-18-15(19)21-12/h1-10H/b12-9-. The van der Waals surface area contributed by atoms with E-state index in [-0.39, 0.29) is 0 Å². The minimum absolute atomic E-state index is 0.794. The van der Waals surface area contributed by atoms with E-state index in [1.165, 1.54) is 0 Å². The van der Waals surface area contributed by atoms with Crippen LogP contribution < -0.4 is 0 Å². The van der Waals surface area contributed by atoms with E-state index in [1.54, 1.807) is 27.8 Å². The number of benzene rings is 1. The summed E-state index contributed by atoms with van der Waals surface area (Å²) in [6.45, 7) is 0. The highest BCUT2D eigenvalue weighted by atomic mass is 32.2. The zero-order chi connectivity index (χ0) is 14.1. The molecule has 1 aliphatic rings. The maximum atomic E-state index is 4.47. The minimum Gasteiger partial charge on any atom is -0.186 e. The maximum Gasteiger partial charge on any atom is 0.217 e. The summed E-state index contributed by atoms with van der Waals surface area (Å²) in [7, 11) is 0. The average molecular weight is 310 g/mol. The number of fused-ring (bicyclic) bond motifs is 1. The highest BCUT2D eigenvalue weighted by molar-refractivity contribution is 8.04. The number of hydrogen-bond acceptors (Lipinski definition) is 5. The van der Waals surface area contributed by atoms with Crippen molar-refractivity contribution in [2.75, 3.05) is 0 Å². The summed E-state index contributed by atoms with van der Waals surface area (Å²) in [5.41, 5.74) is 1.15. The predicted octanol–water partition coefficient (Wildman–Crippen LogP) is 3.99. The Kier molecular flexibility index (Phi) is 3.17. The van der Waals surface area contributed by atoms with Gasteiger partial charge in [0.2, 0.25) is 5.16 Å². The molecule has 102 valence electrons. The molecule has 0 atom stereocenters. The fourth-order valence-corrected chi connectivity index (χ4v) is 3.52. The van der Waals surface area contributed by atoms with Crippen LogP contribution in [0.2, 0.25) is 0 Å². The van der Waals surface area contributed by atoms with Crippen LogP contribution in [0.5, 0.6) is 0 Å². The van der Waals surface area contributed by atoms with E-state index in [0.29, 0.717) is 0 Å². The molecule has 0 saturated heterocycles. The van der Waals surface area contributed by atoms with E-state index in [1.807, 2.05) is 41.9 Å². The van der Waals surface area contributed by atoms with Crippen molar-refractivity contribution in [1.29, 1.82) is 0 Å². The summed E-state index contributed by atoms with van der Waals surface area (Å²) in [4.78, 5) is 2.13. The van der Waals surface area contributed by atoms with Gasteiger partial charge in [0, 0.05) is 4.91 Å². The fraction of sp³-hybridized carbons (Fsp3) is 0. The Morgan fingerprint density at radius 2 is 1.90 bits per heavy atom. The Morgan fingerprint density at radius 3 is 2.71 bits per heavy atom. The number of thioether (sulfide) groups is 1. The number of rotatable bonds is 2. The van der Waals surface area contributed by atoms with Gasteiger partial charge >= 0.3 is 0 Å². The SMILES string of the molecule is C1=Nn2c(nnc2-c2cccs2)S/C1=C\c1ccccc1. The summed E-state index contributed by atoms with van der Waals surface area (Å²) < 4.78 is 1.79. The molecule has 1 aromatic carbocycles. The van der Waals surface area contributed by atoms with Gasteiger partial charge in [-0.25, -0.2) is 0 Å². The Hall–Kier alpha value is -2.18. The Labute approximate surface area is 129 Å². The molecule has 2 aromatic heterocycles. The van der Waals surface area contributed by atoms with Crippen molar-refractivity contribution in [3.8, 4) is 10.7 Å². The van der Waals surface area contributed by atoms with Gasteiger partial charge in [0.15, 0.2) is 5.82 Å². The van der Waals surface area contributed by atoms with Crippen molar-refractivity contribution in [3.63, 3.8) is 0 Å². The lowest BCUT2D eigenvalue weighted by Gasteiger charge is -2.09. The molecular formula is C15H10N4S2. The predicted molar refractivity (Wildman–Crippen MR) is 87.5 cm³/mol. The second-order valence-electron chi connectivity index (χ2n) is 4.40. The molecule has 4 nitrogen and oxygen atoms in total. The largest absolute Gasteiger partial charge is 0.217 e. The molecule has 1 aliphatic heterocycles. The van der Waals surface area contributed by atoms with Gasteiger partial charge in [-0.15, -0.1) is 21.5 Å². The van der Waals surface area contributed by atoms with Crippen molar-refractivity contribution in [2.45, 2.75) is 5.16 Å². The van der Waals surface area contributed by atoms with Crippen molar-refractivity contribution in [1.82, 2.24) is 14.9 Å². The maximum absolute atomic E-state index is 4.47. The lowest BCUT2D eigenvalue weighted by molar-refractivity contribution is 0.771. The van der Waals surface area contributed by atoms with Gasteiger partial charge in [-0.2, -0.15) is 9.78 Å². The smallest absolute Gasteiger partial charge is 0.186 e. The molecule has 0 N–H and O–H groups in total. The van der Waals surface area contributed by atoms with Crippen LogP contribution in [0.15, 0.2) is 63.0 Å². The minimum atomic E-state index is 0.794. The molecule has 3 heterocycles. The second-order valence-corrected chi connectivity index (χ2v) is 6.39. The van der Waals surface area contributed by atoms with Crippen LogP contribution in [-0.2, 0) is 0 Å². The first-order valence-corrected chi connectivity index (χ1v) is 8.08. The van der Waals surface area contributed by atoms with Crippen LogP contribution >= 0.6 is 23.1 Å². The van der Waals surface area contributed by atoms with Crippen LogP contribution in [-0.4, -0.2) is 21.1 Å². The van der Waals surface area contributed by atoms with E-state index in [0.717, 1.165) is 26.3 Å². The number of allylic oxidation sites excluding steroid dienone is 1. The summed E-state index contributed by atoms with van der Waals surface area (Å²) in [5, 5.41) is 15.8. The van der Waals surface area contributed by atoms with E-state index < -0.39 is 0 Å². The van der Waals surface area contributed by atoms with Crippen LogP contribution in [0.25, 0.3) is 16.8 Å². The third kappa shape index (κ3) is 2.43. The van der Waals surface area contributed by atoms with Gasteiger partial charge in [-0.3, -0.25) is 0 Å². The first-order valence-electron chi connectivity index (χ1n) is 6.38. The van der Waals surface area contributed by atoms with Gasteiger partial charge < -0.3 is 0 Å². The zero-order valence-electron chi connectivity index (χ0n) is 10.9. The fourth-order valence-electron chi connectivity index (χ4n) is 2.02. The third-order valence-corrected chi connectivity index (χ3v) is 4.73. The highest BCUT2D eigenvalue weighted by Crippen LogP contribution is 2.33. The molecule has 0 spiro atoms. The molecule has 0 fully saturated rings. The number of hydrogen-bond donors (Lipinski definition) is 0. The normalized spacial score (nSPS) is 15.3. The van der Waals surface area contributed by atoms with Crippen molar-refractivity contribution in [2.24, 2.45) is 5.10 Å². The van der Waals surface area contributed by atoms with Gasteiger partial charge in [0.05, 0.1) is 11.1 Å². The van der Waals surface area contributed by atoms with E-state index in [9.17, 15) is 0 Å². The van der Waals surface area contributed by atoms with Gasteiger partial charge in [-0.05, 0) is 34.8 Å². The van der Waals surface area contributed by atoms with Crippen molar-refractivity contribution in [3.05, 3.63) is 58.3 Å². The van der Waals surface area contributed by atoms with Crippen molar-refractivity contribution >= 4 is 35.4 Å².